The first-order valence-corrected chi connectivity index (χ1v) is 6.16. The summed E-state index contributed by atoms with van der Waals surface area (Å²) in [7, 11) is 0. The first-order valence-electron chi connectivity index (χ1n) is 6.16. The molecule has 2 heteroatoms. The van der Waals surface area contributed by atoms with Crippen LogP contribution in [-0.2, 0) is 0 Å². The van der Waals surface area contributed by atoms with Crippen molar-refractivity contribution >= 4 is 0 Å². The number of nitrogens with one attached hydrogen (secondary N) is 1. The van der Waals surface area contributed by atoms with E-state index in [4.69, 9.17) is 0 Å². The van der Waals surface area contributed by atoms with Crippen LogP contribution in [0.1, 0.15) is 40.0 Å². The van der Waals surface area contributed by atoms with Crippen molar-refractivity contribution in [1.82, 2.24) is 10.2 Å². The SMILES string of the molecule is CC(C)CNC1CC(C)N(C2CC2)C1. The number of hydrogen-bond acceptors (Lipinski definition) is 2. The van der Waals surface area contributed by atoms with E-state index in [1.807, 2.05) is 0 Å². The molecule has 14 heavy (non-hydrogen) atoms. The predicted octanol–water partition coefficient (Wildman–Crippen LogP) is 1.86. The van der Waals surface area contributed by atoms with Gasteiger partial charge in [0.05, 0.1) is 0 Å². The molecule has 2 atom stereocenters. The van der Waals surface area contributed by atoms with Gasteiger partial charge >= 0.3 is 0 Å². The molecule has 2 rings (SSSR count). The third-order valence-electron chi connectivity index (χ3n) is 3.45. The van der Waals surface area contributed by atoms with Crippen LogP contribution in [0.5, 0.6) is 0 Å². The fraction of sp³-hybridized carbons (Fsp3) is 1.00. The van der Waals surface area contributed by atoms with Crippen LogP contribution in [0.15, 0.2) is 0 Å². The van der Waals surface area contributed by atoms with E-state index < -0.39 is 0 Å². The maximum Gasteiger partial charge on any atom is 0.0210 e. The first kappa shape index (κ1) is 10.4. The van der Waals surface area contributed by atoms with Gasteiger partial charge in [-0.1, -0.05) is 13.8 Å². The van der Waals surface area contributed by atoms with Gasteiger partial charge in [0.2, 0.25) is 0 Å². The Kier molecular flexibility index (Phi) is 3.13. The van der Waals surface area contributed by atoms with Crippen molar-refractivity contribution in [3.63, 3.8) is 0 Å². The van der Waals surface area contributed by atoms with E-state index in [1.165, 1.54) is 32.4 Å². The Hall–Kier alpha value is -0.0800. The molecular weight excluding hydrogens is 172 g/mol. The largest absolute Gasteiger partial charge is 0.312 e. The molecule has 1 aliphatic carbocycles. The minimum Gasteiger partial charge on any atom is -0.312 e. The lowest BCUT2D eigenvalue weighted by Gasteiger charge is -2.20. The van der Waals surface area contributed by atoms with Gasteiger partial charge in [-0.3, -0.25) is 4.90 Å². The summed E-state index contributed by atoms with van der Waals surface area (Å²) >= 11 is 0. The molecule has 0 aromatic carbocycles. The van der Waals surface area contributed by atoms with Gasteiger partial charge in [-0.05, 0) is 38.6 Å². The second-order valence-electron chi connectivity index (χ2n) is 5.51. The molecule has 82 valence electrons. The Bertz CT molecular complexity index is 187. The van der Waals surface area contributed by atoms with E-state index in [2.05, 4.69) is 31.0 Å². The molecule has 0 bridgehead atoms. The number of nitrogens with zero attached hydrogens (tertiary/aromatic N) is 1. The second-order valence-corrected chi connectivity index (χ2v) is 5.51. The summed E-state index contributed by atoms with van der Waals surface area (Å²) in [4.78, 5) is 2.71. The van der Waals surface area contributed by atoms with E-state index in [9.17, 15) is 0 Å². The van der Waals surface area contributed by atoms with Gasteiger partial charge < -0.3 is 5.32 Å². The van der Waals surface area contributed by atoms with Crippen LogP contribution in [0.2, 0.25) is 0 Å². The number of likely N-dealkylation sites (tertiary alicyclic amines) is 1. The molecule has 0 aromatic rings. The maximum atomic E-state index is 3.68. The highest BCUT2D eigenvalue weighted by Gasteiger charge is 2.38. The van der Waals surface area contributed by atoms with Gasteiger partial charge in [-0.15, -0.1) is 0 Å². The fourth-order valence-electron chi connectivity index (χ4n) is 2.52. The molecule has 2 fully saturated rings. The molecule has 1 aliphatic heterocycles. The van der Waals surface area contributed by atoms with Crippen molar-refractivity contribution in [3.8, 4) is 0 Å². The summed E-state index contributed by atoms with van der Waals surface area (Å²) in [6.45, 7) is 9.41. The summed E-state index contributed by atoms with van der Waals surface area (Å²) in [6, 6.07) is 2.51. The smallest absolute Gasteiger partial charge is 0.0210 e. The van der Waals surface area contributed by atoms with Crippen LogP contribution in [0.3, 0.4) is 0 Å². The zero-order valence-corrected chi connectivity index (χ0v) is 9.79. The van der Waals surface area contributed by atoms with E-state index in [1.54, 1.807) is 0 Å². The van der Waals surface area contributed by atoms with Crippen molar-refractivity contribution in [2.24, 2.45) is 5.92 Å². The average molecular weight is 196 g/mol. The van der Waals surface area contributed by atoms with Crippen LogP contribution in [-0.4, -0.2) is 36.1 Å². The normalized spacial score (nSPS) is 34.3. The fourth-order valence-corrected chi connectivity index (χ4v) is 2.52. The topological polar surface area (TPSA) is 15.3 Å². The summed E-state index contributed by atoms with van der Waals surface area (Å²) in [5.41, 5.74) is 0. The molecule has 0 aromatic heterocycles. The Balaban J connectivity index is 1.74. The zero-order valence-electron chi connectivity index (χ0n) is 9.79. The van der Waals surface area contributed by atoms with Gasteiger partial charge in [0.25, 0.3) is 0 Å². The molecule has 0 spiro atoms. The summed E-state index contributed by atoms with van der Waals surface area (Å²) < 4.78 is 0. The highest BCUT2D eigenvalue weighted by Crippen LogP contribution is 2.33. The quantitative estimate of drug-likeness (QED) is 0.738. The maximum absolute atomic E-state index is 3.68. The van der Waals surface area contributed by atoms with E-state index >= 15 is 0 Å². The Labute approximate surface area is 88.1 Å². The standard InChI is InChI=1S/C12H24N2/c1-9(2)7-13-11-6-10(3)14(8-11)12-4-5-12/h9-13H,4-8H2,1-3H3. The summed E-state index contributed by atoms with van der Waals surface area (Å²) in [6.07, 6.45) is 4.24. The monoisotopic (exact) mass is 196 g/mol. The molecule has 0 amide bonds. The van der Waals surface area contributed by atoms with Crippen LogP contribution in [0.25, 0.3) is 0 Å². The van der Waals surface area contributed by atoms with Gasteiger partial charge in [0.15, 0.2) is 0 Å². The Morgan fingerprint density at radius 2 is 2.07 bits per heavy atom. The van der Waals surface area contributed by atoms with Crippen LogP contribution < -0.4 is 5.32 Å². The third kappa shape index (κ3) is 2.48. The predicted molar refractivity (Wildman–Crippen MR) is 60.4 cm³/mol. The molecule has 1 heterocycles. The second kappa shape index (κ2) is 4.19. The first-order chi connectivity index (χ1) is 6.66. The zero-order chi connectivity index (χ0) is 10.1. The molecular formula is C12H24N2. The van der Waals surface area contributed by atoms with Crippen molar-refractivity contribution in [1.29, 1.82) is 0 Å². The van der Waals surface area contributed by atoms with E-state index in [-0.39, 0.29) is 0 Å². The van der Waals surface area contributed by atoms with Gasteiger partial charge in [0, 0.05) is 24.7 Å². The Morgan fingerprint density at radius 1 is 1.36 bits per heavy atom. The van der Waals surface area contributed by atoms with E-state index in [0.29, 0.717) is 0 Å². The van der Waals surface area contributed by atoms with Crippen molar-refractivity contribution in [2.45, 2.75) is 58.2 Å². The van der Waals surface area contributed by atoms with Crippen molar-refractivity contribution in [3.05, 3.63) is 0 Å². The lowest BCUT2D eigenvalue weighted by atomic mass is 10.1. The molecule has 1 saturated carbocycles. The molecule has 1 N–H and O–H groups in total. The van der Waals surface area contributed by atoms with Crippen molar-refractivity contribution in [2.75, 3.05) is 13.1 Å². The van der Waals surface area contributed by atoms with Crippen LogP contribution in [0.4, 0.5) is 0 Å². The number of hydrogen-bond donors (Lipinski definition) is 1. The summed E-state index contributed by atoms with van der Waals surface area (Å²) in [5, 5.41) is 3.68. The van der Waals surface area contributed by atoms with Gasteiger partial charge in [-0.2, -0.15) is 0 Å². The average Bonchev–Trinajstić information content (AvgIpc) is 2.88. The Morgan fingerprint density at radius 3 is 2.64 bits per heavy atom. The molecule has 2 unspecified atom stereocenters. The molecule has 0 radical (unpaired) electrons. The van der Waals surface area contributed by atoms with Crippen LogP contribution in [0, 0.1) is 5.92 Å². The lowest BCUT2D eigenvalue weighted by molar-refractivity contribution is 0.254. The van der Waals surface area contributed by atoms with Gasteiger partial charge in [0.1, 0.15) is 0 Å². The lowest BCUT2D eigenvalue weighted by Crippen LogP contribution is -2.35. The van der Waals surface area contributed by atoms with E-state index in [0.717, 1.165) is 24.0 Å². The van der Waals surface area contributed by atoms with Crippen LogP contribution >= 0.6 is 0 Å². The minimum absolute atomic E-state index is 0.757. The number of rotatable bonds is 4. The summed E-state index contributed by atoms with van der Waals surface area (Å²) in [5.74, 6) is 0.778. The van der Waals surface area contributed by atoms with Crippen molar-refractivity contribution < 1.29 is 0 Å². The van der Waals surface area contributed by atoms with Gasteiger partial charge in [-0.25, -0.2) is 0 Å². The third-order valence-corrected chi connectivity index (χ3v) is 3.45. The highest BCUT2D eigenvalue weighted by atomic mass is 15.3. The molecule has 1 saturated heterocycles. The molecule has 2 nitrogen and oxygen atoms in total. The minimum atomic E-state index is 0.757. The molecule has 2 aliphatic rings. The highest BCUT2D eigenvalue weighted by molar-refractivity contribution is 4.95.